The third-order valence-electron chi connectivity index (χ3n) is 5.44. The number of carbonyl (C=O) groups is 2. The summed E-state index contributed by atoms with van der Waals surface area (Å²) in [6.07, 6.45) is 3.79. The summed E-state index contributed by atoms with van der Waals surface area (Å²) in [7, 11) is 0. The predicted molar refractivity (Wildman–Crippen MR) is 97.0 cm³/mol. The van der Waals surface area contributed by atoms with Gasteiger partial charge < -0.3 is 9.64 Å². The van der Waals surface area contributed by atoms with E-state index in [2.05, 4.69) is 4.98 Å². The van der Waals surface area contributed by atoms with Crippen molar-refractivity contribution in [3.8, 4) is 0 Å². The molecule has 6 heteroatoms. The second-order valence-electron chi connectivity index (χ2n) is 7.41. The van der Waals surface area contributed by atoms with Gasteiger partial charge in [0.1, 0.15) is 0 Å². The third kappa shape index (κ3) is 2.50. The summed E-state index contributed by atoms with van der Waals surface area (Å²) >= 11 is 5.96. The second-order valence-corrected chi connectivity index (χ2v) is 7.85. The molecule has 1 saturated heterocycles. The first kappa shape index (κ1) is 17.0. The van der Waals surface area contributed by atoms with Gasteiger partial charge in [0.2, 0.25) is 5.91 Å². The molecule has 3 heterocycles. The van der Waals surface area contributed by atoms with Gasteiger partial charge in [0, 0.05) is 35.9 Å². The number of carbonyl (C=O) groups excluding carboxylic acids is 2. The Kier molecular flexibility index (Phi) is 3.81. The Morgan fingerprint density at radius 1 is 1.27 bits per heavy atom. The van der Waals surface area contributed by atoms with Crippen molar-refractivity contribution in [1.82, 2.24) is 9.88 Å². The number of hydrogen-bond acceptors (Lipinski definition) is 4. The molecule has 0 N–H and O–H groups in total. The summed E-state index contributed by atoms with van der Waals surface area (Å²) in [6, 6.07) is 9.16. The minimum Gasteiger partial charge on any atom is -0.449 e. The topological polar surface area (TPSA) is 59.5 Å². The molecule has 2 aliphatic rings. The van der Waals surface area contributed by atoms with Crippen molar-refractivity contribution in [3.63, 3.8) is 0 Å². The Morgan fingerprint density at radius 3 is 2.73 bits per heavy atom. The molecule has 0 bridgehead atoms. The fourth-order valence-corrected chi connectivity index (χ4v) is 4.01. The molecule has 1 amide bonds. The standard InChI is InChI=1S/C20H19ClN2O3/c1-19(2,13-3-5-14(21)6-4-13)18(25)23-10-8-20(12-23)16-7-9-22-11-15(16)17(24)26-20/h3-7,9,11H,8,10,12H2,1-2H3. The summed E-state index contributed by atoms with van der Waals surface area (Å²) in [5, 5.41) is 0.639. The summed E-state index contributed by atoms with van der Waals surface area (Å²) in [6.45, 7) is 4.72. The molecule has 1 fully saturated rings. The van der Waals surface area contributed by atoms with Gasteiger partial charge in [-0.2, -0.15) is 0 Å². The van der Waals surface area contributed by atoms with E-state index in [9.17, 15) is 9.59 Å². The predicted octanol–water partition coefficient (Wildman–Crippen LogP) is 3.31. The van der Waals surface area contributed by atoms with Crippen LogP contribution in [0.3, 0.4) is 0 Å². The van der Waals surface area contributed by atoms with Gasteiger partial charge >= 0.3 is 5.97 Å². The molecule has 0 radical (unpaired) electrons. The number of benzene rings is 1. The van der Waals surface area contributed by atoms with Crippen LogP contribution in [0.15, 0.2) is 42.7 Å². The minimum absolute atomic E-state index is 0.00949. The Balaban J connectivity index is 1.60. The van der Waals surface area contributed by atoms with E-state index in [0.29, 0.717) is 30.1 Å². The molecule has 5 nitrogen and oxygen atoms in total. The van der Waals surface area contributed by atoms with Gasteiger partial charge in [-0.1, -0.05) is 23.7 Å². The lowest BCUT2D eigenvalue weighted by Gasteiger charge is -2.31. The maximum atomic E-state index is 13.2. The highest BCUT2D eigenvalue weighted by atomic mass is 35.5. The quantitative estimate of drug-likeness (QED) is 0.761. The van der Waals surface area contributed by atoms with Gasteiger partial charge in [-0.15, -0.1) is 0 Å². The number of esters is 1. The maximum absolute atomic E-state index is 13.2. The smallest absolute Gasteiger partial charge is 0.341 e. The number of pyridine rings is 1. The SMILES string of the molecule is CC(C)(C(=O)N1CCC2(C1)OC(=O)c1cnccc12)c1ccc(Cl)cc1. The van der Waals surface area contributed by atoms with E-state index in [4.69, 9.17) is 16.3 Å². The van der Waals surface area contributed by atoms with Gasteiger partial charge in [0.25, 0.3) is 0 Å². The lowest BCUT2D eigenvalue weighted by molar-refractivity contribution is -0.136. The molecular formula is C20H19ClN2O3. The van der Waals surface area contributed by atoms with Gasteiger partial charge in [0.15, 0.2) is 5.60 Å². The molecule has 1 aromatic heterocycles. The van der Waals surface area contributed by atoms with Crippen molar-refractivity contribution in [3.05, 3.63) is 64.4 Å². The molecule has 26 heavy (non-hydrogen) atoms. The number of hydrogen-bond donors (Lipinski definition) is 0. The van der Waals surface area contributed by atoms with Crippen LogP contribution in [0, 0.1) is 0 Å². The summed E-state index contributed by atoms with van der Waals surface area (Å²) in [5.41, 5.74) is 0.790. The van der Waals surface area contributed by atoms with Gasteiger partial charge in [-0.25, -0.2) is 4.79 Å². The average molecular weight is 371 g/mol. The zero-order valence-corrected chi connectivity index (χ0v) is 15.4. The Morgan fingerprint density at radius 2 is 2.00 bits per heavy atom. The molecule has 1 spiro atoms. The van der Waals surface area contributed by atoms with Gasteiger partial charge in [0.05, 0.1) is 17.5 Å². The minimum atomic E-state index is -0.749. The van der Waals surface area contributed by atoms with E-state index in [1.807, 2.05) is 32.0 Å². The highest BCUT2D eigenvalue weighted by molar-refractivity contribution is 6.30. The van der Waals surface area contributed by atoms with Crippen molar-refractivity contribution < 1.29 is 14.3 Å². The van der Waals surface area contributed by atoms with Gasteiger partial charge in [-0.3, -0.25) is 9.78 Å². The zero-order valence-electron chi connectivity index (χ0n) is 14.7. The Hall–Kier alpha value is -2.40. The lowest BCUT2D eigenvalue weighted by atomic mass is 9.83. The Labute approximate surface area is 156 Å². The summed E-state index contributed by atoms with van der Waals surface area (Å²) in [4.78, 5) is 31.2. The van der Waals surface area contributed by atoms with E-state index in [1.165, 1.54) is 6.20 Å². The second kappa shape index (κ2) is 5.81. The van der Waals surface area contributed by atoms with Crippen LogP contribution in [0.5, 0.6) is 0 Å². The molecule has 4 rings (SSSR count). The van der Waals surface area contributed by atoms with Crippen molar-refractivity contribution in [2.75, 3.05) is 13.1 Å². The van der Waals surface area contributed by atoms with Crippen LogP contribution in [0.2, 0.25) is 5.02 Å². The number of aromatic nitrogens is 1. The van der Waals surface area contributed by atoms with Crippen LogP contribution < -0.4 is 0 Å². The van der Waals surface area contributed by atoms with Crippen LogP contribution >= 0.6 is 11.6 Å². The van der Waals surface area contributed by atoms with Crippen LogP contribution in [0.1, 0.15) is 41.8 Å². The van der Waals surface area contributed by atoms with E-state index in [-0.39, 0.29) is 11.9 Å². The molecule has 2 aromatic rings. The molecule has 0 saturated carbocycles. The van der Waals surface area contributed by atoms with Crippen LogP contribution in [0.25, 0.3) is 0 Å². The fourth-order valence-electron chi connectivity index (χ4n) is 3.89. The van der Waals surface area contributed by atoms with E-state index < -0.39 is 11.0 Å². The number of likely N-dealkylation sites (tertiary alicyclic amines) is 1. The monoisotopic (exact) mass is 370 g/mol. The van der Waals surface area contributed by atoms with Crippen molar-refractivity contribution in [2.45, 2.75) is 31.3 Å². The fraction of sp³-hybridized carbons (Fsp3) is 0.350. The summed E-state index contributed by atoms with van der Waals surface area (Å²) < 4.78 is 5.70. The van der Waals surface area contributed by atoms with Crippen molar-refractivity contribution in [2.24, 2.45) is 0 Å². The summed E-state index contributed by atoms with van der Waals surface area (Å²) in [5.74, 6) is -0.352. The molecule has 2 aliphatic heterocycles. The zero-order chi connectivity index (χ0) is 18.5. The van der Waals surface area contributed by atoms with Crippen LogP contribution in [-0.4, -0.2) is 34.8 Å². The maximum Gasteiger partial charge on any atom is 0.341 e. The van der Waals surface area contributed by atoms with Gasteiger partial charge in [-0.05, 0) is 37.6 Å². The van der Waals surface area contributed by atoms with E-state index in [1.54, 1.807) is 23.2 Å². The third-order valence-corrected chi connectivity index (χ3v) is 5.69. The molecule has 1 atom stereocenters. The number of fused-ring (bicyclic) bond motifs is 2. The first-order chi connectivity index (χ1) is 12.3. The number of rotatable bonds is 2. The van der Waals surface area contributed by atoms with E-state index >= 15 is 0 Å². The normalized spacial score (nSPS) is 21.8. The van der Waals surface area contributed by atoms with Crippen molar-refractivity contribution in [1.29, 1.82) is 0 Å². The molecule has 0 aliphatic carbocycles. The number of halogens is 1. The molecule has 1 aromatic carbocycles. The first-order valence-corrected chi connectivity index (χ1v) is 8.95. The largest absolute Gasteiger partial charge is 0.449 e. The Bertz CT molecular complexity index is 894. The highest BCUT2D eigenvalue weighted by Crippen LogP contribution is 2.44. The number of ether oxygens (including phenoxy) is 1. The van der Waals surface area contributed by atoms with Crippen LogP contribution in [-0.2, 0) is 20.5 Å². The number of amides is 1. The first-order valence-electron chi connectivity index (χ1n) is 8.57. The average Bonchev–Trinajstić information content (AvgIpc) is 3.17. The molecular weight excluding hydrogens is 352 g/mol. The lowest BCUT2D eigenvalue weighted by Crippen LogP contribution is -2.44. The van der Waals surface area contributed by atoms with Crippen LogP contribution in [0.4, 0.5) is 0 Å². The molecule has 1 unspecified atom stereocenters. The highest BCUT2D eigenvalue weighted by Gasteiger charge is 2.52. The van der Waals surface area contributed by atoms with E-state index in [0.717, 1.165) is 11.1 Å². The van der Waals surface area contributed by atoms with Crippen molar-refractivity contribution >= 4 is 23.5 Å². The number of nitrogens with zero attached hydrogens (tertiary/aromatic N) is 2. The molecule has 134 valence electrons.